The van der Waals surface area contributed by atoms with E-state index >= 15 is 0 Å². The van der Waals surface area contributed by atoms with E-state index in [9.17, 15) is 0 Å². The summed E-state index contributed by atoms with van der Waals surface area (Å²) in [6, 6.07) is 18.2. The third kappa shape index (κ3) is 4.14. The first-order valence-electron chi connectivity index (χ1n) is 10.5. The zero-order chi connectivity index (χ0) is 18.6. The molecule has 2 aromatic rings. The maximum absolute atomic E-state index is 5.28. The van der Waals surface area contributed by atoms with Crippen LogP contribution in [0.3, 0.4) is 0 Å². The highest BCUT2D eigenvalue weighted by Crippen LogP contribution is 2.35. The van der Waals surface area contributed by atoms with Gasteiger partial charge < -0.3 is 9.64 Å². The summed E-state index contributed by atoms with van der Waals surface area (Å²) in [6.45, 7) is 6.96. The number of rotatable bonds is 5. The number of aryl methyl sites for hydroxylation is 1. The molecule has 0 spiro atoms. The van der Waals surface area contributed by atoms with E-state index in [0.717, 1.165) is 37.8 Å². The molecule has 0 bridgehead atoms. The SMILES string of the molecule is COc1ccc(N2CCN(C(C)CC3CCCc4ccccc43)CC2)cc1. The number of hydrogen-bond donors (Lipinski definition) is 0. The van der Waals surface area contributed by atoms with Gasteiger partial charge in [0.2, 0.25) is 0 Å². The van der Waals surface area contributed by atoms with Gasteiger partial charge in [-0.25, -0.2) is 0 Å². The summed E-state index contributed by atoms with van der Waals surface area (Å²) >= 11 is 0. The van der Waals surface area contributed by atoms with E-state index in [1.54, 1.807) is 18.2 Å². The standard InChI is InChI=1S/C24H32N2O/c1-19(18-21-8-5-7-20-6-3-4-9-24(20)21)25-14-16-26(17-15-25)22-10-12-23(27-2)13-11-22/h3-4,6,9-13,19,21H,5,7-8,14-18H2,1-2H3. The molecule has 1 saturated heterocycles. The van der Waals surface area contributed by atoms with Crippen LogP contribution in [0.2, 0.25) is 0 Å². The Balaban J connectivity index is 1.33. The van der Waals surface area contributed by atoms with E-state index in [2.05, 4.69) is 65.3 Å². The summed E-state index contributed by atoms with van der Waals surface area (Å²) < 4.78 is 5.28. The number of piperazine rings is 1. The zero-order valence-corrected chi connectivity index (χ0v) is 16.7. The highest BCUT2D eigenvalue weighted by atomic mass is 16.5. The van der Waals surface area contributed by atoms with Crippen LogP contribution in [0.4, 0.5) is 5.69 Å². The van der Waals surface area contributed by atoms with Crippen molar-refractivity contribution >= 4 is 5.69 Å². The lowest BCUT2D eigenvalue weighted by Gasteiger charge is -2.40. The average molecular weight is 365 g/mol. The lowest BCUT2D eigenvalue weighted by Crippen LogP contribution is -2.50. The van der Waals surface area contributed by atoms with Crippen LogP contribution < -0.4 is 9.64 Å². The number of methoxy groups -OCH3 is 1. The molecule has 1 fully saturated rings. The van der Waals surface area contributed by atoms with Crippen molar-refractivity contribution in [2.75, 3.05) is 38.2 Å². The van der Waals surface area contributed by atoms with Crippen LogP contribution in [0.25, 0.3) is 0 Å². The second kappa shape index (κ2) is 8.35. The summed E-state index contributed by atoms with van der Waals surface area (Å²) in [7, 11) is 1.72. The molecule has 144 valence electrons. The molecule has 2 aliphatic rings. The quantitative estimate of drug-likeness (QED) is 0.764. The summed E-state index contributed by atoms with van der Waals surface area (Å²) in [5.41, 5.74) is 4.52. The second-order valence-corrected chi connectivity index (χ2v) is 8.09. The van der Waals surface area contributed by atoms with Crippen LogP contribution >= 0.6 is 0 Å². The molecule has 3 heteroatoms. The van der Waals surface area contributed by atoms with Crippen molar-refractivity contribution in [1.82, 2.24) is 4.90 Å². The van der Waals surface area contributed by atoms with Crippen molar-refractivity contribution in [2.45, 2.75) is 44.6 Å². The summed E-state index contributed by atoms with van der Waals surface area (Å²) in [6.07, 6.45) is 5.26. The fourth-order valence-corrected chi connectivity index (χ4v) is 4.87. The van der Waals surface area contributed by atoms with Gasteiger partial charge in [0, 0.05) is 37.9 Å². The molecule has 0 saturated carbocycles. The minimum Gasteiger partial charge on any atom is -0.497 e. The summed E-state index contributed by atoms with van der Waals surface area (Å²) in [4.78, 5) is 5.19. The smallest absolute Gasteiger partial charge is 0.119 e. The molecular formula is C24H32N2O. The molecular weight excluding hydrogens is 332 g/mol. The first-order valence-corrected chi connectivity index (χ1v) is 10.5. The largest absolute Gasteiger partial charge is 0.497 e. The molecule has 27 heavy (non-hydrogen) atoms. The highest BCUT2D eigenvalue weighted by Gasteiger charge is 2.26. The number of benzene rings is 2. The molecule has 0 N–H and O–H groups in total. The molecule has 2 unspecified atom stereocenters. The number of nitrogens with zero attached hydrogens (tertiary/aromatic N) is 2. The first-order chi connectivity index (χ1) is 13.2. The maximum atomic E-state index is 5.28. The van der Waals surface area contributed by atoms with Gasteiger partial charge in [-0.1, -0.05) is 24.3 Å². The van der Waals surface area contributed by atoms with Gasteiger partial charge in [-0.05, 0) is 73.9 Å². The maximum Gasteiger partial charge on any atom is 0.119 e. The van der Waals surface area contributed by atoms with Gasteiger partial charge in [0.25, 0.3) is 0 Å². The predicted octanol–water partition coefficient (Wildman–Crippen LogP) is 4.72. The lowest BCUT2D eigenvalue weighted by molar-refractivity contribution is 0.178. The van der Waals surface area contributed by atoms with Gasteiger partial charge in [-0.3, -0.25) is 4.90 Å². The second-order valence-electron chi connectivity index (χ2n) is 8.09. The van der Waals surface area contributed by atoms with E-state index < -0.39 is 0 Å². The Morgan fingerprint density at radius 1 is 1.00 bits per heavy atom. The van der Waals surface area contributed by atoms with E-state index in [0.29, 0.717) is 6.04 Å². The average Bonchev–Trinajstić information content (AvgIpc) is 2.74. The molecule has 2 atom stereocenters. The van der Waals surface area contributed by atoms with Crippen LogP contribution in [-0.4, -0.2) is 44.2 Å². The fourth-order valence-electron chi connectivity index (χ4n) is 4.87. The Labute approximate surface area is 163 Å². The van der Waals surface area contributed by atoms with Crippen molar-refractivity contribution in [2.24, 2.45) is 0 Å². The Bertz CT molecular complexity index is 734. The minimum atomic E-state index is 0.652. The molecule has 1 aliphatic heterocycles. The molecule has 4 rings (SSSR count). The first kappa shape index (κ1) is 18.4. The predicted molar refractivity (Wildman–Crippen MR) is 113 cm³/mol. The molecule has 1 aliphatic carbocycles. The Morgan fingerprint density at radius 3 is 2.48 bits per heavy atom. The number of hydrogen-bond acceptors (Lipinski definition) is 3. The Morgan fingerprint density at radius 2 is 1.74 bits per heavy atom. The molecule has 0 amide bonds. The van der Waals surface area contributed by atoms with Gasteiger partial charge in [-0.15, -0.1) is 0 Å². The highest BCUT2D eigenvalue weighted by molar-refractivity contribution is 5.49. The van der Waals surface area contributed by atoms with Crippen LogP contribution in [-0.2, 0) is 6.42 Å². The molecule has 2 aromatic carbocycles. The fraction of sp³-hybridized carbons (Fsp3) is 0.500. The zero-order valence-electron chi connectivity index (χ0n) is 16.7. The lowest BCUT2D eigenvalue weighted by atomic mass is 9.79. The van der Waals surface area contributed by atoms with Crippen molar-refractivity contribution < 1.29 is 4.74 Å². The van der Waals surface area contributed by atoms with Crippen molar-refractivity contribution in [3.8, 4) is 5.75 Å². The van der Waals surface area contributed by atoms with E-state index in [1.165, 1.54) is 31.4 Å². The van der Waals surface area contributed by atoms with Gasteiger partial charge in [0.05, 0.1) is 7.11 Å². The number of ether oxygens (including phenoxy) is 1. The Kier molecular flexibility index (Phi) is 5.68. The molecule has 0 aromatic heterocycles. The summed E-state index contributed by atoms with van der Waals surface area (Å²) in [5, 5.41) is 0. The van der Waals surface area contributed by atoms with Crippen LogP contribution in [0.1, 0.15) is 43.2 Å². The number of anilines is 1. The molecule has 0 radical (unpaired) electrons. The third-order valence-electron chi connectivity index (χ3n) is 6.49. The third-order valence-corrected chi connectivity index (χ3v) is 6.49. The van der Waals surface area contributed by atoms with Crippen LogP contribution in [0, 0.1) is 0 Å². The summed E-state index contributed by atoms with van der Waals surface area (Å²) in [5.74, 6) is 1.67. The topological polar surface area (TPSA) is 15.7 Å². The van der Waals surface area contributed by atoms with E-state index in [1.807, 2.05) is 0 Å². The monoisotopic (exact) mass is 364 g/mol. The van der Waals surface area contributed by atoms with E-state index in [-0.39, 0.29) is 0 Å². The normalized spacial score (nSPS) is 21.6. The van der Waals surface area contributed by atoms with Crippen molar-refractivity contribution in [1.29, 1.82) is 0 Å². The molecule has 1 heterocycles. The van der Waals surface area contributed by atoms with Gasteiger partial charge >= 0.3 is 0 Å². The minimum absolute atomic E-state index is 0.652. The molecule has 3 nitrogen and oxygen atoms in total. The van der Waals surface area contributed by atoms with Gasteiger partial charge in [0.1, 0.15) is 5.75 Å². The van der Waals surface area contributed by atoms with E-state index in [4.69, 9.17) is 4.74 Å². The van der Waals surface area contributed by atoms with Crippen molar-refractivity contribution in [3.63, 3.8) is 0 Å². The number of fused-ring (bicyclic) bond motifs is 1. The van der Waals surface area contributed by atoms with Gasteiger partial charge in [-0.2, -0.15) is 0 Å². The van der Waals surface area contributed by atoms with Crippen molar-refractivity contribution in [3.05, 3.63) is 59.7 Å². The van der Waals surface area contributed by atoms with Crippen LogP contribution in [0.15, 0.2) is 48.5 Å². The Hall–Kier alpha value is -2.00. The van der Waals surface area contributed by atoms with Crippen LogP contribution in [0.5, 0.6) is 5.75 Å². The van der Waals surface area contributed by atoms with Gasteiger partial charge in [0.15, 0.2) is 0 Å².